The first-order valence-electron chi connectivity index (χ1n) is 7.63. The Labute approximate surface area is 152 Å². The van der Waals surface area contributed by atoms with Crippen LogP contribution in [0.25, 0.3) is 26.3 Å². The molecular formula is C19H13ClN2O2S. The van der Waals surface area contributed by atoms with E-state index in [1.807, 2.05) is 30.3 Å². The highest BCUT2D eigenvalue weighted by atomic mass is 35.5. The Balaban J connectivity index is 1.82. The zero-order chi connectivity index (χ0) is 17.4. The molecule has 0 bridgehead atoms. The van der Waals surface area contributed by atoms with Crippen LogP contribution < -0.4 is 5.56 Å². The number of fused-ring (bicyclic) bond motifs is 1. The van der Waals surface area contributed by atoms with Crippen molar-refractivity contribution in [3.05, 3.63) is 81.9 Å². The molecule has 4 aromatic rings. The minimum atomic E-state index is -0.105. The van der Waals surface area contributed by atoms with Crippen molar-refractivity contribution >= 4 is 33.2 Å². The molecular weight excluding hydrogens is 356 g/mol. The van der Waals surface area contributed by atoms with Crippen LogP contribution in [-0.4, -0.2) is 14.7 Å². The van der Waals surface area contributed by atoms with Gasteiger partial charge in [-0.05, 0) is 41.5 Å². The normalized spacial score (nSPS) is 11.1. The number of hydrogen-bond acceptors (Lipinski definition) is 4. The van der Waals surface area contributed by atoms with E-state index in [-0.39, 0.29) is 12.2 Å². The Hall–Kier alpha value is -2.47. The van der Waals surface area contributed by atoms with Crippen LogP contribution in [0, 0.1) is 0 Å². The van der Waals surface area contributed by atoms with Crippen LogP contribution in [0.15, 0.2) is 65.7 Å². The van der Waals surface area contributed by atoms with Crippen molar-refractivity contribution in [1.29, 1.82) is 0 Å². The largest absolute Gasteiger partial charge is 0.392 e. The molecule has 0 unspecified atom stereocenters. The Morgan fingerprint density at radius 1 is 1.08 bits per heavy atom. The summed E-state index contributed by atoms with van der Waals surface area (Å²) in [5, 5.41) is 9.81. The fraction of sp³-hybridized carbons (Fsp3) is 0.0526. The number of rotatable bonds is 3. The van der Waals surface area contributed by atoms with Crippen LogP contribution in [0.1, 0.15) is 5.56 Å². The maximum atomic E-state index is 12.8. The highest BCUT2D eigenvalue weighted by Crippen LogP contribution is 2.31. The lowest BCUT2D eigenvalue weighted by Gasteiger charge is -2.05. The molecule has 0 spiro atoms. The van der Waals surface area contributed by atoms with Crippen molar-refractivity contribution in [3.63, 3.8) is 0 Å². The van der Waals surface area contributed by atoms with Gasteiger partial charge in [0.2, 0.25) is 0 Å². The standard InChI is InChI=1S/C19H13ClN2O2S/c20-14-5-3-13(4-6-14)17-9-16-18(25-17)19(24)22(11-21-16)15-7-1-12(10-23)2-8-15/h1-9,11,23H,10H2. The fourth-order valence-electron chi connectivity index (χ4n) is 2.61. The maximum absolute atomic E-state index is 12.8. The molecule has 2 aromatic heterocycles. The third kappa shape index (κ3) is 2.98. The van der Waals surface area contributed by atoms with Crippen molar-refractivity contribution in [2.75, 3.05) is 0 Å². The number of nitrogens with zero attached hydrogens (tertiary/aromatic N) is 2. The number of halogens is 1. The molecule has 0 amide bonds. The first kappa shape index (κ1) is 16.0. The van der Waals surface area contributed by atoms with Gasteiger partial charge in [-0.3, -0.25) is 9.36 Å². The molecule has 4 rings (SSSR count). The van der Waals surface area contributed by atoms with Crippen LogP contribution in [0.4, 0.5) is 0 Å². The first-order chi connectivity index (χ1) is 12.2. The van der Waals surface area contributed by atoms with Gasteiger partial charge >= 0.3 is 0 Å². The van der Waals surface area contributed by atoms with E-state index in [1.165, 1.54) is 22.2 Å². The highest BCUT2D eigenvalue weighted by Gasteiger charge is 2.11. The molecule has 0 atom stereocenters. The fourth-order valence-corrected chi connectivity index (χ4v) is 3.79. The molecule has 2 aromatic carbocycles. The summed E-state index contributed by atoms with van der Waals surface area (Å²) < 4.78 is 2.13. The van der Waals surface area contributed by atoms with Crippen molar-refractivity contribution in [1.82, 2.24) is 9.55 Å². The van der Waals surface area contributed by atoms with Crippen LogP contribution in [0.2, 0.25) is 5.02 Å². The van der Waals surface area contributed by atoms with E-state index in [0.29, 0.717) is 15.2 Å². The predicted octanol–water partition coefficient (Wildman–Crippen LogP) is 4.26. The number of hydrogen-bond donors (Lipinski definition) is 1. The lowest BCUT2D eigenvalue weighted by atomic mass is 10.2. The summed E-state index contributed by atoms with van der Waals surface area (Å²) in [6.07, 6.45) is 1.54. The summed E-state index contributed by atoms with van der Waals surface area (Å²) in [6, 6.07) is 16.6. The van der Waals surface area contributed by atoms with E-state index < -0.39 is 0 Å². The van der Waals surface area contributed by atoms with Gasteiger partial charge in [-0.2, -0.15) is 0 Å². The van der Waals surface area contributed by atoms with Crippen LogP contribution >= 0.6 is 22.9 Å². The molecule has 2 heterocycles. The van der Waals surface area contributed by atoms with Crippen LogP contribution in [-0.2, 0) is 6.61 Å². The number of benzene rings is 2. The van der Waals surface area contributed by atoms with E-state index >= 15 is 0 Å². The Morgan fingerprint density at radius 2 is 1.80 bits per heavy atom. The molecule has 0 aliphatic rings. The topological polar surface area (TPSA) is 55.1 Å². The zero-order valence-electron chi connectivity index (χ0n) is 13.0. The van der Waals surface area contributed by atoms with E-state index in [0.717, 1.165) is 21.7 Å². The van der Waals surface area contributed by atoms with Crippen molar-refractivity contribution < 1.29 is 5.11 Å². The highest BCUT2D eigenvalue weighted by molar-refractivity contribution is 7.22. The molecule has 0 radical (unpaired) electrons. The minimum Gasteiger partial charge on any atom is -0.392 e. The molecule has 25 heavy (non-hydrogen) atoms. The zero-order valence-corrected chi connectivity index (χ0v) is 14.6. The third-order valence-electron chi connectivity index (χ3n) is 3.96. The van der Waals surface area contributed by atoms with Gasteiger partial charge in [0.1, 0.15) is 11.0 Å². The molecule has 124 valence electrons. The Kier molecular flexibility index (Phi) is 4.13. The molecule has 0 saturated heterocycles. The number of aromatic nitrogens is 2. The summed E-state index contributed by atoms with van der Waals surface area (Å²) >= 11 is 7.36. The Bertz CT molecular complexity index is 1100. The minimum absolute atomic E-state index is 0.0260. The van der Waals surface area contributed by atoms with Crippen LogP contribution in [0.5, 0.6) is 0 Å². The van der Waals surface area contributed by atoms with Gasteiger partial charge in [0.05, 0.1) is 17.8 Å². The van der Waals surface area contributed by atoms with Gasteiger partial charge < -0.3 is 5.11 Å². The summed E-state index contributed by atoms with van der Waals surface area (Å²) in [6.45, 7) is -0.0260. The molecule has 4 nitrogen and oxygen atoms in total. The molecule has 0 aliphatic heterocycles. The van der Waals surface area contributed by atoms with E-state index in [4.69, 9.17) is 16.7 Å². The summed E-state index contributed by atoms with van der Waals surface area (Å²) in [7, 11) is 0. The lowest BCUT2D eigenvalue weighted by molar-refractivity contribution is 0.282. The average Bonchev–Trinajstić information content (AvgIpc) is 3.08. The average molecular weight is 369 g/mol. The molecule has 6 heteroatoms. The number of aliphatic hydroxyl groups is 1. The second-order valence-corrected chi connectivity index (χ2v) is 7.06. The second kappa shape index (κ2) is 6.44. The summed E-state index contributed by atoms with van der Waals surface area (Å²) in [4.78, 5) is 18.2. The third-order valence-corrected chi connectivity index (χ3v) is 5.38. The molecule has 0 fully saturated rings. The smallest absolute Gasteiger partial charge is 0.275 e. The molecule has 1 N–H and O–H groups in total. The van der Waals surface area contributed by atoms with Gasteiger partial charge in [-0.15, -0.1) is 11.3 Å². The number of thiophene rings is 1. The Morgan fingerprint density at radius 3 is 2.48 bits per heavy atom. The summed E-state index contributed by atoms with van der Waals surface area (Å²) in [5.74, 6) is 0. The predicted molar refractivity (Wildman–Crippen MR) is 102 cm³/mol. The van der Waals surface area contributed by atoms with Gasteiger partial charge in [-0.25, -0.2) is 4.98 Å². The van der Waals surface area contributed by atoms with Crippen molar-refractivity contribution in [2.24, 2.45) is 0 Å². The van der Waals surface area contributed by atoms with Crippen molar-refractivity contribution in [2.45, 2.75) is 6.61 Å². The van der Waals surface area contributed by atoms with Crippen molar-refractivity contribution in [3.8, 4) is 16.1 Å². The van der Waals surface area contributed by atoms with E-state index in [1.54, 1.807) is 24.3 Å². The van der Waals surface area contributed by atoms with E-state index in [9.17, 15) is 4.79 Å². The lowest BCUT2D eigenvalue weighted by Crippen LogP contribution is -2.17. The maximum Gasteiger partial charge on any atom is 0.275 e. The SMILES string of the molecule is O=c1c2sc(-c3ccc(Cl)cc3)cc2ncn1-c1ccc(CO)cc1. The van der Waals surface area contributed by atoms with E-state index in [2.05, 4.69) is 4.98 Å². The number of aliphatic hydroxyl groups excluding tert-OH is 1. The monoisotopic (exact) mass is 368 g/mol. The van der Waals surface area contributed by atoms with Gasteiger partial charge in [-0.1, -0.05) is 35.9 Å². The molecule has 0 aliphatic carbocycles. The molecule has 0 saturated carbocycles. The quantitative estimate of drug-likeness (QED) is 0.587. The van der Waals surface area contributed by atoms with Gasteiger partial charge in [0.25, 0.3) is 5.56 Å². The van der Waals surface area contributed by atoms with Crippen LogP contribution in [0.3, 0.4) is 0 Å². The second-order valence-electron chi connectivity index (χ2n) is 5.58. The summed E-state index contributed by atoms with van der Waals surface area (Å²) in [5.41, 5.74) is 3.10. The first-order valence-corrected chi connectivity index (χ1v) is 8.82. The van der Waals surface area contributed by atoms with Gasteiger partial charge in [0.15, 0.2) is 0 Å². The van der Waals surface area contributed by atoms with Gasteiger partial charge in [0, 0.05) is 9.90 Å².